The molecule has 25 heavy (non-hydrogen) atoms. The molecule has 1 aliphatic carbocycles. The molecule has 0 bridgehead atoms. The van der Waals surface area contributed by atoms with Crippen LogP contribution >= 0.6 is 34.5 Å². The molecule has 132 valence electrons. The van der Waals surface area contributed by atoms with Crippen molar-refractivity contribution in [3.63, 3.8) is 0 Å². The Morgan fingerprint density at radius 2 is 2.00 bits per heavy atom. The topological polar surface area (TPSA) is 55.4 Å². The molecule has 0 spiro atoms. The summed E-state index contributed by atoms with van der Waals surface area (Å²) < 4.78 is 5.19. The highest BCUT2D eigenvalue weighted by atomic mass is 35.5. The normalized spacial score (nSPS) is 13.2. The highest BCUT2D eigenvalue weighted by molar-refractivity contribution is 7.17. The number of nitrogens with one attached hydrogen (secondary N) is 1. The number of carbonyl (C=O) groups is 2. The van der Waals surface area contributed by atoms with Gasteiger partial charge in [0.15, 0.2) is 0 Å². The number of thiophene rings is 1. The van der Waals surface area contributed by atoms with Crippen LogP contribution in [0.3, 0.4) is 0 Å². The second-order valence-corrected chi connectivity index (χ2v) is 7.66. The third-order valence-corrected chi connectivity index (χ3v) is 5.81. The van der Waals surface area contributed by atoms with Crippen molar-refractivity contribution in [3.05, 3.63) is 49.8 Å². The van der Waals surface area contributed by atoms with Gasteiger partial charge in [0.05, 0.1) is 22.8 Å². The number of carbonyl (C=O) groups excluding carboxylic acids is 2. The van der Waals surface area contributed by atoms with E-state index in [1.54, 1.807) is 19.1 Å². The van der Waals surface area contributed by atoms with Crippen molar-refractivity contribution in [1.29, 1.82) is 0 Å². The third-order valence-electron chi connectivity index (χ3n) is 4.05. The standard InChI is InChI=1S/C18H17Cl2NO3S/c1-2-24-18(23)15-12-5-3-4-6-14(12)25-17(15)21-16(22)11-8-7-10(19)9-13(11)20/h7-9H,2-6H2,1H3,(H,21,22). The van der Waals surface area contributed by atoms with E-state index < -0.39 is 0 Å². The lowest BCUT2D eigenvalue weighted by molar-refractivity contribution is 0.0526. The van der Waals surface area contributed by atoms with E-state index in [9.17, 15) is 9.59 Å². The quantitative estimate of drug-likeness (QED) is 0.706. The van der Waals surface area contributed by atoms with Crippen LogP contribution in [0.15, 0.2) is 18.2 Å². The van der Waals surface area contributed by atoms with Crippen LogP contribution in [0.5, 0.6) is 0 Å². The lowest BCUT2D eigenvalue weighted by Gasteiger charge is -2.12. The molecule has 0 saturated heterocycles. The summed E-state index contributed by atoms with van der Waals surface area (Å²) in [6.45, 7) is 2.06. The number of halogens is 2. The maximum atomic E-state index is 12.6. The molecule has 0 radical (unpaired) electrons. The van der Waals surface area contributed by atoms with Crippen molar-refractivity contribution >= 4 is 51.4 Å². The van der Waals surface area contributed by atoms with Gasteiger partial charge in [-0.05, 0) is 56.4 Å². The Kier molecular flexibility index (Phi) is 5.67. The average Bonchev–Trinajstić information content (AvgIpc) is 2.92. The smallest absolute Gasteiger partial charge is 0.341 e. The number of benzene rings is 1. The minimum absolute atomic E-state index is 0.268. The molecule has 0 unspecified atom stereocenters. The Balaban J connectivity index is 1.95. The van der Waals surface area contributed by atoms with Gasteiger partial charge in [-0.1, -0.05) is 23.2 Å². The third kappa shape index (κ3) is 3.84. The van der Waals surface area contributed by atoms with Gasteiger partial charge in [-0.2, -0.15) is 0 Å². The van der Waals surface area contributed by atoms with Gasteiger partial charge in [0.1, 0.15) is 5.00 Å². The van der Waals surface area contributed by atoms with E-state index in [4.69, 9.17) is 27.9 Å². The highest BCUT2D eigenvalue weighted by Crippen LogP contribution is 2.39. The second-order valence-electron chi connectivity index (χ2n) is 5.71. The summed E-state index contributed by atoms with van der Waals surface area (Å²) in [4.78, 5) is 26.2. The molecule has 1 N–H and O–H groups in total. The van der Waals surface area contributed by atoms with E-state index in [-0.39, 0.29) is 16.9 Å². The number of fused-ring (bicyclic) bond motifs is 1. The van der Waals surface area contributed by atoms with E-state index in [0.717, 1.165) is 36.1 Å². The number of hydrogen-bond donors (Lipinski definition) is 1. The van der Waals surface area contributed by atoms with Gasteiger partial charge in [-0.15, -0.1) is 11.3 Å². The fourth-order valence-electron chi connectivity index (χ4n) is 2.92. The van der Waals surface area contributed by atoms with Crippen molar-refractivity contribution in [2.45, 2.75) is 32.6 Å². The van der Waals surface area contributed by atoms with Crippen LogP contribution in [0.2, 0.25) is 10.0 Å². The maximum Gasteiger partial charge on any atom is 0.341 e. The van der Waals surface area contributed by atoms with E-state index in [2.05, 4.69) is 5.32 Å². The molecule has 3 rings (SSSR count). The number of anilines is 1. The van der Waals surface area contributed by atoms with Crippen LogP contribution in [0, 0.1) is 0 Å². The lowest BCUT2D eigenvalue weighted by atomic mass is 9.95. The fraction of sp³-hybridized carbons (Fsp3) is 0.333. The van der Waals surface area contributed by atoms with Gasteiger partial charge >= 0.3 is 5.97 Å². The first kappa shape index (κ1) is 18.2. The largest absolute Gasteiger partial charge is 0.462 e. The van der Waals surface area contributed by atoms with Crippen LogP contribution in [0.25, 0.3) is 0 Å². The van der Waals surface area contributed by atoms with Crippen LogP contribution in [0.4, 0.5) is 5.00 Å². The molecule has 1 heterocycles. The number of amides is 1. The summed E-state index contributed by atoms with van der Waals surface area (Å²) in [5.41, 5.74) is 1.81. The van der Waals surface area contributed by atoms with Gasteiger partial charge in [-0.25, -0.2) is 4.79 Å². The minimum atomic E-state index is -0.389. The van der Waals surface area contributed by atoms with E-state index in [1.807, 2.05) is 0 Å². The highest BCUT2D eigenvalue weighted by Gasteiger charge is 2.27. The SMILES string of the molecule is CCOC(=O)c1c(NC(=O)c2ccc(Cl)cc2Cl)sc2c1CCCC2. The molecule has 1 amide bonds. The Morgan fingerprint density at radius 3 is 2.72 bits per heavy atom. The average molecular weight is 398 g/mol. The number of rotatable bonds is 4. The predicted octanol–water partition coefficient (Wildman–Crippen LogP) is 5.36. The number of esters is 1. The maximum absolute atomic E-state index is 12.6. The Bertz CT molecular complexity index is 832. The number of ether oxygens (including phenoxy) is 1. The molecule has 0 fully saturated rings. The molecule has 1 aromatic carbocycles. The summed E-state index contributed by atoms with van der Waals surface area (Å²) in [6.07, 6.45) is 3.88. The lowest BCUT2D eigenvalue weighted by Crippen LogP contribution is -2.16. The summed E-state index contributed by atoms with van der Waals surface area (Å²) >= 11 is 13.4. The Hall–Kier alpha value is -1.56. The van der Waals surface area contributed by atoms with Gasteiger partial charge < -0.3 is 10.1 Å². The molecular formula is C18H17Cl2NO3S. The monoisotopic (exact) mass is 397 g/mol. The molecule has 7 heteroatoms. The zero-order valence-corrected chi connectivity index (χ0v) is 16.0. The zero-order chi connectivity index (χ0) is 18.0. The van der Waals surface area contributed by atoms with Gasteiger partial charge in [-0.3, -0.25) is 4.79 Å². The first-order valence-corrected chi connectivity index (χ1v) is 9.66. The van der Waals surface area contributed by atoms with Crippen molar-refractivity contribution in [2.24, 2.45) is 0 Å². The van der Waals surface area contributed by atoms with Crippen LogP contribution in [-0.4, -0.2) is 18.5 Å². The predicted molar refractivity (Wildman–Crippen MR) is 101 cm³/mol. The summed E-state index contributed by atoms with van der Waals surface area (Å²) in [6, 6.07) is 4.69. The van der Waals surface area contributed by atoms with Crippen LogP contribution in [0.1, 0.15) is 50.9 Å². The molecule has 1 aromatic heterocycles. The molecule has 0 saturated carbocycles. The van der Waals surface area contributed by atoms with Crippen LogP contribution < -0.4 is 5.32 Å². The Labute approximate surface area is 160 Å². The zero-order valence-electron chi connectivity index (χ0n) is 13.7. The molecule has 0 atom stereocenters. The fourth-order valence-corrected chi connectivity index (χ4v) is 4.68. The molecule has 1 aliphatic rings. The van der Waals surface area contributed by atoms with Crippen molar-refractivity contribution in [1.82, 2.24) is 0 Å². The van der Waals surface area contributed by atoms with Gasteiger partial charge in [0.25, 0.3) is 5.91 Å². The first-order valence-electron chi connectivity index (χ1n) is 8.09. The van der Waals surface area contributed by atoms with Crippen molar-refractivity contribution < 1.29 is 14.3 Å². The van der Waals surface area contributed by atoms with E-state index >= 15 is 0 Å². The number of aryl methyl sites for hydroxylation is 1. The summed E-state index contributed by atoms with van der Waals surface area (Å²) in [5.74, 6) is -0.759. The Morgan fingerprint density at radius 1 is 1.24 bits per heavy atom. The van der Waals surface area contributed by atoms with Gasteiger partial charge in [0.2, 0.25) is 0 Å². The van der Waals surface area contributed by atoms with E-state index in [1.165, 1.54) is 17.4 Å². The van der Waals surface area contributed by atoms with Crippen molar-refractivity contribution in [2.75, 3.05) is 11.9 Å². The van der Waals surface area contributed by atoms with Gasteiger partial charge in [0, 0.05) is 9.90 Å². The molecule has 4 nitrogen and oxygen atoms in total. The second kappa shape index (κ2) is 7.77. The van der Waals surface area contributed by atoms with E-state index in [0.29, 0.717) is 27.8 Å². The summed E-state index contributed by atoms with van der Waals surface area (Å²) in [7, 11) is 0. The first-order chi connectivity index (χ1) is 12.0. The minimum Gasteiger partial charge on any atom is -0.462 e. The molecule has 2 aromatic rings. The number of hydrogen-bond acceptors (Lipinski definition) is 4. The van der Waals surface area contributed by atoms with Crippen LogP contribution in [-0.2, 0) is 17.6 Å². The van der Waals surface area contributed by atoms with Crippen molar-refractivity contribution in [3.8, 4) is 0 Å². The molecular weight excluding hydrogens is 381 g/mol. The summed E-state index contributed by atoms with van der Waals surface area (Å²) in [5, 5.41) is 4.09. The molecule has 0 aliphatic heterocycles.